The fourth-order valence-corrected chi connectivity index (χ4v) is 4.72. The molecular formula is C27H20Cl2IN3O7. The molecule has 0 aliphatic carbocycles. The third-order valence-electron chi connectivity index (χ3n) is 5.40. The van der Waals surface area contributed by atoms with E-state index in [9.17, 15) is 24.3 Å². The van der Waals surface area contributed by atoms with Crippen molar-refractivity contribution in [2.24, 2.45) is 0 Å². The molecule has 0 bridgehead atoms. The van der Waals surface area contributed by atoms with Crippen LogP contribution in [0.5, 0.6) is 17.2 Å². The maximum absolute atomic E-state index is 13.2. The number of nitrogens with zero attached hydrogens (tertiary/aromatic N) is 1. The lowest BCUT2D eigenvalue weighted by Gasteiger charge is -2.26. The van der Waals surface area contributed by atoms with Gasteiger partial charge in [-0.25, -0.2) is 9.69 Å². The molecule has 3 aromatic rings. The number of benzene rings is 3. The van der Waals surface area contributed by atoms with Crippen LogP contribution in [0.4, 0.5) is 16.2 Å². The van der Waals surface area contributed by atoms with Gasteiger partial charge in [0, 0.05) is 5.69 Å². The number of hydrogen-bond donors (Lipinski definition) is 3. The highest BCUT2D eigenvalue weighted by Gasteiger charge is 2.37. The Kier molecular flexibility index (Phi) is 9.17. The molecule has 10 nitrogen and oxygen atoms in total. The summed E-state index contributed by atoms with van der Waals surface area (Å²) in [6.45, 7) is 1.68. The van der Waals surface area contributed by atoms with E-state index < -0.39 is 23.8 Å². The quantitative estimate of drug-likeness (QED) is 0.164. The van der Waals surface area contributed by atoms with Crippen molar-refractivity contribution < 1.29 is 33.8 Å². The predicted octanol–water partition coefficient (Wildman–Crippen LogP) is 5.39. The van der Waals surface area contributed by atoms with Crippen LogP contribution in [0.3, 0.4) is 0 Å². The summed E-state index contributed by atoms with van der Waals surface area (Å²) in [5.74, 6) is -1.64. The topological polar surface area (TPSA) is 134 Å². The van der Waals surface area contributed by atoms with Crippen LogP contribution in [0.15, 0.2) is 60.2 Å². The molecule has 13 heteroatoms. The number of hydrogen-bond acceptors (Lipinski definition) is 7. The maximum atomic E-state index is 13.2. The highest BCUT2D eigenvalue weighted by Crippen LogP contribution is 2.35. The first-order valence-corrected chi connectivity index (χ1v) is 13.5. The molecular weight excluding hydrogens is 676 g/mol. The number of ether oxygens (including phenoxy) is 2. The molecule has 206 valence electrons. The zero-order valence-electron chi connectivity index (χ0n) is 20.7. The monoisotopic (exact) mass is 695 g/mol. The fraction of sp³-hybridized carbons (Fsp3) is 0.111. The van der Waals surface area contributed by atoms with Gasteiger partial charge in [-0.15, -0.1) is 0 Å². The smallest absolute Gasteiger partial charge is 0.335 e. The van der Waals surface area contributed by atoms with Crippen molar-refractivity contribution in [1.29, 1.82) is 0 Å². The number of rotatable bonds is 8. The molecule has 5 amide bonds. The van der Waals surface area contributed by atoms with Gasteiger partial charge in [0.2, 0.25) is 0 Å². The number of amides is 5. The van der Waals surface area contributed by atoms with E-state index in [2.05, 4.69) is 10.6 Å². The highest BCUT2D eigenvalue weighted by molar-refractivity contribution is 14.1. The van der Waals surface area contributed by atoms with Crippen molar-refractivity contribution in [3.05, 3.63) is 79.3 Å². The average molecular weight is 696 g/mol. The molecule has 1 aliphatic heterocycles. The maximum Gasteiger partial charge on any atom is 0.335 e. The summed E-state index contributed by atoms with van der Waals surface area (Å²) >= 11 is 13.9. The SMILES string of the molecule is CCOc1cc(/C=C2/C(=O)NC(=O)N(c3ccc(O)cc3)C2=O)cc(I)c1OCC(=O)Nc1ccc(Cl)c(Cl)c1. The number of carbonyl (C=O) groups excluding carboxylic acids is 4. The molecule has 0 saturated carbocycles. The first-order chi connectivity index (χ1) is 19.1. The lowest BCUT2D eigenvalue weighted by molar-refractivity contribution is -0.122. The van der Waals surface area contributed by atoms with Crippen LogP contribution in [0, 0.1) is 3.57 Å². The van der Waals surface area contributed by atoms with Crippen molar-refractivity contribution in [3.8, 4) is 17.2 Å². The molecule has 1 aliphatic rings. The van der Waals surface area contributed by atoms with Crippen molar-refractivity contribution in [2.75, 3.05) is 23.4 Å². The van der Waals surface area contributed by atoms with Gasteiger partial charge in [-0.2, -0.15) is 0 Å². The Balaban J connectivity index is 1.57. The molecule has 0 spiro atoms. The number of barbiturate groups is 1. The summed E-state index contributed by atoms with van der Waals surface area (Å²) in [5.41, 5.74) is 0.741. The van der Waals surface area contributed by atoms with Gasteiger partial charge < -0.3 is 19.9 Å². The third-order valence-corrected chi connectivity index (χ3v) is 6.94. The van der Waals surface area contributed by atoms with Crippen molar-refractivity contribution in [1.82, 2.24) is 5.32 Å². The minimum atomic E-state index is -0.912. The second-order valence-corrected chi connectivity index (χ2v) is 10.2. The van der Waals surface area contributed by atoms with Crippen LogP contribution in [0.25, 0.3) is 6.08 Å². The van der Waals surface area contributed by atoms with Gasteiger partial charge in [-0.1, -0.05) is 23.2 Å². The van der Waals surface area contributed by atoms with Crippen LogP contribution in [-0.2, 0) is 14.4 Å². The summed E-state index contributed by atoms with van der Waals surface area (Å²) in [4.78, 5) is 51.4. The highest BCUT2D eigenvalue weighted by atomic mass is 127. The standard InChI is InChI=1S/C27H20Cl2IN3O7/c1-2-39-22-11-14(9-18-25(36)32-27(38)33(26(18)37)16-4-6-17(34)7-5-16)10-21(30)24(22)40-13-23(35)31-15-3-8-19(28)20(29)12-15/h3-12,34H,2,13H2,1H3,(H,31,35)(H,32,36,38)/b18-9-. The number of nitrogens with one attached hydrogen (secondary N) is 2. The van der Waals surface area contributed by atoms with E-state index >= 15 is 0 Å². The van der Waals surface area contributed by atoms with E-state index in [0.717, 1.165) is 4.90 Å². The molecule has 0 unspecified atom stereocenters. The Hall–Kier alpha value is -3.81. The Morgan fingerprint density at radius 3 is 2.45 bits per heavy atom. The lowest BCUT2D eigenvalue weighted by Crippen LogP contribution is -2.54. The number of anilines is 2. The van der Waals surface area contributed by atoms with Crippen LogP contribution >= 0.6 is 45.8 Å². The summed E-state index contributed by atoms with van der Waals surface area (Å²) in [5, 5.41) is 15.0. The van der Waals surface area contributed by atoms with Crippen molar-refractivity contribution >= 4 is 87.0 Å². The number of carbonyl (C=O) groups is 4. The van der Waals surface area contributed by atoms with E-state index in [1.54, 1.807) is 31.2 Å². The normalized spacial score (nSPS) is 14.2. The molecule has 0 atom stereocenters. The number of phenolic OH excluding ortho intramolecular Hbond substituents is 1. The number of halogens is 3. The van der Waals surface area contributed by atoms with E-state index in [1.807, 2.05) is 22.6 Å². The Bertz CT molecular complexity index is 1540. The minimum Gasteiger partial charge on any atom is -0.508 e. The average Bonchev–Trinajstić information content (AvgIpc) is 2.89. The fourth-order valence-electron chi connectivity index (χ4n) is 3.64. The van der Waals surface area contributed by atoms with E-state index in [0.29, 0.717) is 24.9 Å². The Labute approximate surface area is 252 Å². The summed E-state index contributed by atoms with van der Waals surface area (Å²) < 4.78 is 12.0. The van der Waals surface area contributed by atoms with Gasteiger partial charge >= 0.3 is 6.03 Å². The summed E-state index contributed by atoms with van der Waals surface area (Å²) in [6.07, 6.45) is 1.32. The van der Waals surface area contributed by atoms with Gasteiger partial charge in [0.05, 0.1) is 25.9 Å². The zero-order valence-corrected chi connectivity index (χ0v) is 24.3. The van der Waals surface area contributed by atoms with Gasteiger partial charge in [0.1, 0.15) is 11.3 Å². The first kappa shape index (κ1) is 29.2. The first-order valence-electron chi connectivity index (χ1n) is 11.6. The lowest BCUT2D eigenvalue weighted by atomic mass is 10.1. The Morgan fingerprint density at radius 2 is 1.77 bits per heavy atom. The number of phenols is 1. The predicted molar refractivity (Wildman–Crippen MR) is 158 cm³/mol. The van der Waals surface area contributed by atoms with Gasteiger partial charge in [0.15, 0.2) is 18.1 Å². The van der Waals surface area contributed by atoms with Gasteiger partial charge in [0.25, 0.3) is 17.7 Å². The van der Waals surface area contributed by atoms with Crippen molar-refractivity contribution in [2.45, 2.75) is 6.92 Å². The zero-order chi connectivity index (χ0) is 29.0. The molecule has 4 rings (SSSR count). The Morgan fingerprint density at radius 1 is 1.05 bits per heavy atom. The van der Waals surface area contributed by atoms with Crippen LogP contribution in [0.1, 0.15) is 12.5 Å². The van der Waals surface area contributed by atoms with Gasteiger partial charge in [-0.05, 0) is 95.8 Å². The van der Waals surface area contributed by atoms with E-state index in [-0.39, 0.29) is 41.7 Å². The molecule has 1 fully saturated rings. The molecule has 0 radical (unpaired) electrons. The third kappa shape index (κ3) is 6.66. The molecule has 3 N–H and O–H groups in total. The number of imide groups is 2. The molecule has 3 aromatic carbocycles. The summed E-state index contributed by atoms with van der Waals surface area (Å²) in [7, 11) is 0. The van der Waals surface area contributed by atoms with Crippen LogP contribution < -0.4 is 25.0 Å². The molecule has 1 heterocycles. The van der Waals surface area contributed by atoms with Gasteiger partial charge in [-0.3, -0.25) is 19.7 Å². The second kappa shape index (κ2) is 12.6. The second-order valence-electron chi connectivity index (χ2n) is 8.20. The number of urea groups is 1. The van der Waals surface area contributed by atoms with E-state index in [1.165, 1.54) is 36.4 Å². The molecule has 1 saturated heterocycles. The molecule has 40 heavy (non-hydrogen) atoms. The largest absolute Gasteiger partial charge is 0.508 e. The van der Waals surface area contributed by atoms with E-state index in [4.69, 9.17) is 32.7 Å². The number of aromatic hydroxyl groups is 1. The summed E-state index contributed by atoms with van der Waals surface area (Å²) in [6, 6.07) is 12.3. The van der Waals surface area contributed by atoms with Crippen LogP contribution in [0.2, 0.25) is 10.0 Å². The molecule has 0 aromatic heterocycles. The van der Waals surface area contributed by atoms with Crippen LogP contribution in [-0.4, -0.2) is 42.1 Å². The minimum absolute atomic E-state index is 0.0485. The van der Waals surface area contributed by atoms with Crippen molar-refractivity contribution in [3.63, 3.8) is 0 Å².